The number of aryl methyl sites for hydroxylation is 1. The molecule has 3 rings (SSSR count). The molecule has 0 saturated heterocycles. The lowest BCUT2D eigenvalue weighted by atomic mass is 10.1. The molecule has 6 nitrogen and oxygen atoms in total. The standard InChI is InChI=1S/C24H32N2O4S/c1-29-21-12-14-23(15-13-21)31-26(30-22-9-5-6-10-22)18-20(27)17-25-24(28)16-11-19-7-3-2-4-8-19/h2-4,7-8,12-15,20,22,27H,5-6,9-11,16-18H2,1H3,(H,25,28). The normalized spacial score (nSPS) is 15.2. The number of aliphatic hydroxyl groups excluding tert-OH is 1. The van der Waals surface area contributed by atoms with Crippen LogP contribution < -0.4 is 10.1 Å². The number of hydroxylamine groups is 1. The molecular weight excluding hydrogens is 412 g/mol. The zero-order valence-corrected chi connectivity index (χ0v) is 18.9. The van der Waals surface area contributed by atoms with Gasteiger partial charge in [-0.25, -0.2) is 0 Å². The number of carbonyl (C=O) groups is 1. The highest BCUT2D eigenvalue weighted by Gasteiger charge is 2.22. The minimum Gasteiger partial charge on any atom is -0.497 e. The number of amides is 1. The van der Waals surface area contributed by atoms with E-state index in [1.54, 1.807) is 11.6 Å². The largest absolute Gasteiger partial charge is 0.497 e. The number of nitrogens with zero attached hydrogens (tertiary/aromatic N) is 1. The highest BCUT2D eigenvalue weighted by molar-refractivity contribution is 7.96. The summed E-state index contributed by atoms with van der Waals surface area (Å²) in [4.78, 5) is 19.3. The van der Waals surface area contributed by atoms with Gasteiger partial charge in [-0.1, -0.05) is 43.2 Å². The first kappa shape index (κ1) is 23.6. The lowest BCUT2D eigenvalue weighted by Gasteiger charge is -2.26. The Balaban J connectivity index is 1.46. The molecule has 0 radical (unpaired) electrons. The summed E-state index contributed by atoms with van der Waals surface area (Å²) in [6, 6.07) is 17.7. The van der Waals surface area contributed by atoms with E-state index in [1.807, 2.05) is 54.6 Å². The molecule has 1 atom stereocenters. The summed E-state index contributed by atoms with van der Waals surface area (Å²) in [5.41, 5.74) is 1.13. The summed E-state index contributed by atoms with van der Waals surface area (Å²) < 4.78 is 6.96. The fraction of sp³-hybridized carbons (Fsp3) is 0.458. The summed E-state index contributed by atoms with van der Waals surface area (Å²) in [6.07, 6.45) is 4.95. The summed E-state index contributed by atoms with van der Waals surface area (Å²) in [7, 11) is 1.64. The van der Waals surface area contributed by atoms with Gasteiger partial charge in [0.1, 0.15) is 5.75 Å². The van der Waals surface area contributed by atoms with E-state index < -0.39 is 6.10 Å². The van der Waals surface area contributed by atoms with Crippen LogP contribution in [0.3, 0.4) is 0 Å². The van der Waals surface area contributed by atoms with Gasteiger partial charge in [0.25, 0.3) is 0 Å². The third kappa shape index (κ3) is 8.53. The molecule has 2 aromatic rings. The van der Waals surface area contributed by atoms with Crippen molar-refractivity contribution in [3.8, 4) is 5.75 Å². The van der Waals surface area contributed by atoms with Crippen LogP contribution in [0.4, 0.5) is 0 Å². The Morgan fingerprint density at radius 2 is 1.87 bits per heavy atom. The molecule has 2 N–H and O–H groups in total. The van der Waals surface area contributed by atoms with Gasteiger partial charge in [-0.15, -0.1) is 4.47 Å². The van der Waals surface area contributed by atoms with Crippen LogP contribution in [-0.4, -0.2) is 47.9 Å². The van der Waals surface area contributed by atoms with Crippen molar-refractivity contribution >= 4 is 17.9 Å². The molecule has 1 unspecified atom stereocenters. The summed E-state index contributed by atoms with van der Waals surface area (Å²) in [5, 5.41) is 13.4. The van der Waals surface area contributed by atoms with Crippen molar-refractivity contribution in [1.82, 2.24) is 9.79 Å². The van der Waals surface area contributed by atoms with Gasteiger partial charge in [0.15, 0.2) is 0 Å². The Labute approximate surface area is 189 Å². The molecule has 168 valence electrons. The minimum atomic E-state index is -0.729. The number of ether oxygens (including phenoxy) is 1. The minimum absolute atomic E-state index is 0.0611. The van der Waals surface area contributed by atoms with E-state index in [1.165, 1.54) is 24.8 Å². The molecule has 1 aliphatic carbocycles. The molecule has 0 bridgehead atoms. The highest BCUT2D eigenvalue weighted by atomic mass is 32.2. The second kappa shape index (κ2) is 12.7. The average molecular weight is 445 g/mol. The van der Waals surface area contributed by atoms with Crippen LogP contribution in [0.25, 0.3) is 0 Å². The first-order valence-electron chi connectivity index (χ1n) is 10.9. The van der Waals surface area contributed by atoms with E-state index in [4.69, 9.17) is 9.57 Å². The molecular formula is C24H32N2O4S. The van der Waals surface area contributed by atoms with Crippen LogP contribution >= 0.6 is 11.9 Å². The Hall–Kier alpha value is -2.06. The molecule has 2 aromatic carbocycles. The highest BCUT2D eigenvalue weighted by Crippen LogP contribution is 2.29. The number of rotatable bonds is 12. The number of benzene rings is 2. The van der Waals surface area contributed by atoms with Gasteiger partial charge in [0.05, 0.1) is 25.9 Å². The average Bonchev–Trinajstić information content (AvgIpc) is 3.30. The second-order valence-electron chi connectivity index (χ2n) is 7.74. The van der Waals surface area contributed by atoms with Gasteiger partial charge in [0, 0.05) is 17.9 Å². The summed E-state index contributed by atoms with van der Waals surface area (Å²) in [5.74, 6) is 0.736. The number of methoxy groups -OCH3 is 1. The number of hydrogen-bond acceptors (Lipinski definition) is 6. The number of hydrogen-bond donors (Lipinski definition) is 2. The van der Waals surface area contributed by atoms with Crippen LogP contribution in [0.5, 0.6) is 5.75 Å². The van der Waals surface area contributed by atoms with Gasteiger partial charge in [0.2, 0.25) is 5.91 Å². The predicted octanol–water partition coefficient (Wildman–Crippen LogP) is 3.99. The van der Waals surface area contributed by atoms with E-state index in [9.17, 15) is 9.90 Å². The van der Waals surface area contributed by atoms with Crippen LogP contribution in [0, 0.1) is 0 Å². The van der Waals surface area contributed by atoms with Gasteiger partial charge < -0.3 is 15.2 Å². The summed E-state index contributed by atoms with van der Waals surface area (Å²) >= 11 is 1.45. The van der Waals surface area contributed by atoms with Crippen LogP contribution in [0.2, 0.25) is 0 Å². The van der Waals surface area contributed by atoms with Crippen molar-refractivity contribution in [2.45, 2.75) is 55.6 Å². The molecule has 31 heavy (non-hydrogen) atoms. The third-order valence-corrected chi connectivity index (χ3v) is 6.14. The zero-order valence-electron chi connectivity index (χ0n) is 18.0. The molecule has 0 spiro atoms. The maximum absolute atomic E-state index is 12.2. The molecule has 0 aliphatic heterocycles. The van der Waals surface area contributed by atoms with Crippen molar-refractivity contribution in [3.63, 3.8) is 0 Å². The van der Waals surface area contributed by atoms with E-state index in [0.29, 0.717) is 19.4 Å². The maximum Gasteiger partial charge on any atom is 0.220 e. The first-order chi connectivity index (χ1) is 15.1. The molecule has 1 amide bonds. The molecule has 0 heterocycles. The monoisotopic (exact) mass is 444 g/mol. The van der Waals surface area contributed by atoms with Crippen LogP contribution in [0.15, 0.2) is 59.5 Å². The lowest BCUT2D eigenvalue weighted by Crippen LogP contribution is -2.39. The van der Waals surface area contributed by atoms with Gasteiger partial charge in [-0.2, -0.15) is 0 Å². The molecule has 0 aromatic heterocycles. The number of carbonyl (C=O) groups excluding carboxylic acids is 1. The fourth-order valence-corrected chi connectivity index (χ4v) is 4.38. The van der Waals surface area contributed by atoms with Crippen LogP contribution in [0.1, 0.15) is 37.7 Å². The van der Waals surface area contributed by atoms with E-state index in [0.717, 1.165) is 29.1 Å². The predicted molar refractivity (Wildman–Crippen MR) is 123 cm³/mol. The molecule has 1 aliphatic rings. The summed E-state index contributed by atoms with van der Waals surface area (Å²) in [6.45, 7) is 0.494. The van der Waals surface area contributed by atoms with E-state index >= 15 is 0 Å². The number of nitrogens with one attached hydrogen (secondary N) is 1. The molecule has 1 saturated carbocycles. The van der Waals surface area contributed by atoms with Crippen molar-refractivity contribution in [2.24, 2.45) is 0 Å². The maximum atomic E-state index is 12.2. The van der Waals surface area contributed by atoms with Crippen molar-refractivity contribution in [1.29, 1.82) is 0 Å². The van der Waals surface area contributed by atoms with Crippen LogP contribution in [-0.2, 0) is 16.1 Å². The fourth-order valence-electron chi connectivity index (χ4n) is 3.48. The van der Waals surface area contributed by atoms with E-state index in [2.05, 4.69) is 5.32 Å². The van der Waals surface area contributed by atoms with Gasteiger partial charge in [-0.05, 0) is 61.0 Å². The Bertz CT molecular complexity index is 782. The van der Waals surface area contributed by atoms with Crippen molar-refractivity contribution < 1.29 is 19.5 Å². The Morgan fingerprint density at radius 3 is 2.55 bits per heavy atom. The lowest BCUT2D eigenvalue weighted by molar-refractivity contribution is -0.136. The van der Waals surface area contributed by atoms with Gasteiger partial charge >= 0.3 is 0 Å². The second-order valence-corrected chi connectivity index (χ2v) is 8.80. The molecule has 7 heteroatoms. The Kier molecular flexibility index (Phi) is 9.68. The topological polar surface area (TPSA) is 71.0 Å². The van der Waals surface area contributed by atoms with Crippen molar-refractivity contribution in [2.75, 3.05) is 20.2 Å². The quantitative estimate of drug-likeness (QED) is 0.381. The zero-order chi connectivity index (χ0) is 21.9. The molecule has 1 fully saturated rings. The van der Waals surface area contributed by atoms with Crippen molar-refractivity contribution in [3.05, 3.63) is 60.2 Å². The van der Waals surface area contributed by atoms with Gasteiger partial charge in [-0.3, -0.25) is 9.63 Å². The first-order valence-corrected chi connectivity index (χ1v) is 11.6. The SMILES string of the molecule is COc1ccc(SN(CC(O)CNC(=O)CCc2ccccc2)OC2CCCC2)cc1. The third-order valence-electron chi connectivity index (χ3n) is 5.21. The number of aliphatic hydroxyl groups is 1. The smallest absolute Gasteiger partial charge is 0.220 e. The Morgan fingerprint density at radius 1 is 1.16 bits per heavy atom. The van der Waals surface area contributed by atoms with E-state index in [-0.39, 0.29) is 18.6 Å².